The second kappa shape index (κ2) is 4.24. The zero-order chi connectivity index (χ0) is 12.0. The first-order valence-electron chi connectivity index (χ1n) is 7.45. The highest BCUT2D eigenvalue weighted by atomic mass is 16.5. The Labute approximate surface area is 105 Å². The molecule has 1 saturated heterocycles. The van der Waals surface area contributed by atoms with Crippen molar-refractivity contribution in [1.29, 1.82) is 0 Å². The van der Waals surface area contributed by atoms with Gasteiger partial charge in [-0.25, -0.2) is 0 Å². The van der Waals surface area contributed by atoms with Crippen molar-refractivity contribution in [2.45, 2.75) is 58.6 Å². The van der Waals surface area contributed by atoms with E-state index in [9.17, 15) is 0 Å². The van der Waals surface area contributed by atoms with E-state index in [1.54, 1.807) is 0 Å². The number of nitrogens with one attached hydrogen (secondary N) is 1. The average molecular weight is 237 g/mol. The molecule has 4 atom stereocenters. The molecular formula is C15H27NO. The van der Waals surface area contributed by atoms with Gasteiger partial charge >= 0.3 is 0 Å². The molecule has 0 bridgehead atoms. The summed E-state index contributed by atoms with van der Waals surface area (Å²) in [5.74, 6) is 2.67. The van der Waals surface area contributed by atoms with Crippen LogP contribution in [0.2, 0.25) is 0 Å². The summed E-state index contributed by atoms with van der Waals surface area (Å²) in [7, 11) is 0. The van der Waals surface area contributed by atoms with Crippen molar-refractivity contribution in [2.75, 3.05) is 13.2 Å². The lowest BCUT2D eigenvalue weighted by atomic mass is 9.55. The van der Waals surface area contributed by atoms with Gasteiger partial charge in [-0.05, 0) is 44.1 Å². The van der Waals surface area contributed by atoms with Gasteiger partial charge in [-0.1, -0.05) is 20.8 Å². The SMILES string of the molecule is CC(CNC1C2CCCOC2C1(C)C)C1CC1. The van der Waals surface area contributed by atoms with Crippen molar-refractivity contribution < 1.29 is 4.74 Å². The minimum atomic E-state index is 0.342. The molecule has 0 radical (unpaired) electrons. The van der Waals surface area contributed by atoms with Crippen molar-refractivity contribution in [3.8, 4) is 0 Å². The Hall–Kier alpha value is -0.0800. The van der Waals surface area contributed by atoms with E-state index in [1.165, 1.54) is 32.2 Å². The van der Waals surface area contributed by atoms with E-state index in [1.807, 2.05) is 0 Å². The van der Waals surface area contributed by atoms with Gasteiger partial charge in [0.2, 0.25) is 0 Å². The lowest BCUT2D eigenvalue weighted by Gasteiger charge is -2.60. The summed E-state index contributed by atoms with van der Waals surface area (Å²) < 4.78 is 5.95. The molecule has 4 unspecified atom stereocenters. The van der Waals surface area contributed by atoms with Crippen LogP contribution in [-0.4, -0.2) is 25.3 Å². The minimum absolute atomic E-state index is 0.342. The van der Waals surface area contributed by atoms with Gasteiger partial charge in [0.15, 0.2) is 0 Å². The summed E-state index contributed by atoms with van der Waals surface area (Å²) >= 11 is 0. The van der Waals surface area contributed by atoms with E-state index in [0.29, 0.717) is 17.6 Å². The van der Waals surface area contributed by atoms with E-state index < -0.39 is 0 Å². The van der Waals surface area contributed by atoms with Gasteiger partial charge in [0, 0.05) is 24.0 Å². The van der Waals surface area contributed by atoms with E-state index in [0.717, 1.165) is 24.4 Å². The summed E-state index contributed by atoms with van der Waals surface area (Å²) in [5, 5.41) is 3.85. The maximum absolute atomic E-state index is 5.95. The third-order valence-electron chi connectivity index (χ3n) is 5.42. The van der Waals surface area contributed by atoms with E-state index in [-0.39, 0.29) is 0 Å². The van der Waals surface area contributed by atoms with Crippen LogP contribution < -0.4 is 5.32 Å². The van der Waals surface area contributed by atoms with E-state index >= 15 is 0 Å². The molecule has 17 heavy (non-hydrogen) atoms. The molecule has 98 valence electrons. The highest BCUT2D eigenvalue weighted by Crippen LogP contribution is 2.51. The second-order valence-corrected chi connectivity index (χ2v) is 7.12. The zero-order valence-corrected chi connectivity index (χ0v) is 11.5. The van der Waals surface area contributed by atoms with Crippen LogP contribution in [0.5, 0.6) is 0 Å². The number of hydrogen-bond acceptors (Lipinski definition) is 2. The predicted octanol–water partition coefficient (Wildman–Crippen LogP) is 2.83. The molecule has 0 aromatic rings. The van der Waals surface area contributed by atoms with Crippen molar-refractivity contribution in [1.82, 2.24) is 5.32 Å². The first-order valence-corrected chi connectivity index (χ1v) is 7.45. The zero-order valence-electron chi connectivity index (χ0n) is 11.5. The number of fused-ring (bicyclic) bond motifs is 1. The maximum Gasteiger partial charge on any atom is 0.0684 e. The van der Waals surface area contributed by atoms with Gasteiger partial charge in [-0.3, -0.25) is 0 Å². The van der Waals surface area contributed by atoms with Gasteiger partial charge in [-0.15, -0.1) is 0 Å². The van der Waals surface area contributed by atoms with Crippen LogP contribution >= 0.6 is 0 Å². The molecule has 0 aromatic carbocycles. The Balaban J connectivity index is 1.54. The Bertz CT molecular complexity index is 285. The molecule has 0 amide bonds. The summed E-state index contributed by atoms with van der Waals surface area (Å²) in [6.45, 7) is 9.35. The van der Waals surface area contributed by atoms with Gasteiger partial charge in [0.25, 0.3) is 0 Å². The van der Waals surface area contributed by atoms with Crippen LogP contribution in [0.1, 0.15) is 46.5 Å². The van der Waals surface area contributed by atoms with Gasteiger partial charge < -0.3 is 10.1 Å². The van der Waals surface area contributed by atoms with Gasteiger partial charge in [0.05, 0.1) is 6.10 Å². The van der Waals surface area contributed by atoms with E-state index in [4.69, 9.17) is 4.74 Å². The van der Waals surface area contributed by atoms with Crippen LogP contribution in [0.4, 0.5) is 0 Å². The minimum Gasteiger partial charge on any atom is -0.377 e. The summed E-state index contributed by atoms with van der Waals surface area (Å²) in [4.78, 5) is 0. The summed E-state index contributed by atoms with van der Waals surface area (Å²) in [6, 6.07) is 0.689. The van der Waals surface area contributed by atoms with Crippen LogP contribution in [0, 0.1) is 23.2 Å². The Morgan fingerprint density at radius 2 is 2.06 bits per heavy atom. The van der Waals surface area contributed by atoms with E-state index in [2.05, 4.69) is 26.1 Å². The van der Waals surface area contributed by atoms with Crippen molar-refractivity contribution in [3.05, 3.63) is 0 Å². The molecule has 2 saturated carbocycles. The van der Waals surface area contributed by atoms with Crippen LogP contribution in [0.25, 0.3) is 0 Å². The predicted molar refractivity (Wildman–Crippen MR) is 69.9 cm³/mol. The molecule has 2 aliphatic carbocycles. The Morgan fingerprint density at radius 1 is 1.29 bits per heavy atom. The van der Waals surface area contributed by atoms with Gasteiger partial charge in [-0.2, -0.15) is 0 Å². The molecule has 1 aliphatic heterocycles. The third kappa shape index (κ3) is 2.04. The lowest BCUT2D eigenvalue weighted by Crippen LogP contribution is -2.69. The van der Waals surface area contributed by atoms with Crippen LogP contribution in [-0.2, 0) is 4.74 Å². The molecular weight excluding hydrogens is 210 g/mol. The molecule has 0 aromatic heterocycles. The fourth-order valence-electron chi connectivity index (χ4n) is 4.08. The quantitative estimate of drug-likeness (QED) is 0.812. The fourth-order valence-corrected chi connectivity index (χ4v) is 4.08. The van der Waals surface area contributed by atoms with Crippen molar-refractivity contribution in [3.63, 3.8) is 0 Å². The number of rotatable bonds is 4. The monoisotopic (exact) mass is 237 g/mol. The highest BCUT2D eigenvalue weighted by Gasteiger charge is 2.57. The first-order chi connectivity index (χ1) is 8.10. The van der Waals surface area contributed by atoms with Crippen LogP contribution in [0.15, 0.2) is 0 Å². The molecule has 3 fully saturated rings. The molecule has 0 spiro atoms. The second-order valence-electron chi connectivity index (χ2n) is 7.12. The molecule has 1 N–H and O–H groups in total. The number of hydrogen-bond donors (Lipinski definition) is 1. The Morgan fingerprint density at radius 3 is 2.76 bits per heavy atom. The standard InChI is InChI=1S/C15H27NO/c1-10(11-6-7-11)9-16-13-12-5-4-8-17-14(12)15(13,2)3/h10-14,16H,4-9H2,1-3H3. The summed E-state index contributed by atoms with van der Waals surface area (Å²) in [5.41, 5.74) is 0.342. The van der Waals surface area contributed by atoms with Crippen molar-refractivity contribution in [2.24, 2.45) is 23.2 Å². The number of ether oxygens (including phenoxy) is 1. The molecule has 1 heterocycles. The largest absolute Gasteiger partial charge is 0.377 e. The highest BCUT2D eigenvalue weighted by molar-refractivity contribution is 5.10. The maximum atomic E-state index is 5.95. The smallest absolute Gasteiger partial charge is 0.0684 e. The Kier molecular flexibility index (Phi) is 2.99. The summed E-state index contributed by atoms with van der Waals surface area (Å²) in [6.07, 6.45) is 6.07. The topological polar surface area (TPSA) is 21.3 Å². The lowest BCUT2D eigenvalue weighted by molar-refractivity contribution is -0.192. The molecule has 2 heteroatoms. The van der Waals surface area contributed by atoms with Crippen LogP contribution in [0.3, 0.4) is 0 Å². The van der Waals surface area contributed by atoms with Crippen molar-refractivity contribution >= 4 is 0 Å². The third-order valence-corrected chi connectivity index (χ3v) is 5.42. The first kappa shape index (κ1) is 12.0. The average Bonchev–Trinajstić information content (AvgIpc) is 3.12. The molecule has 3 aliphatic rings. The normalized spacial score (nSPS) is 41.5. The van der Waals surface area contributed by atoms with Gasteiger partial charge in [0.1, 0.15) is 0 Å². The fraction of sp³-hybridized carbons (Fsp3) is 1.00. The molecule has 3 rings (SSSR count). The molecule has 2 nitrogen and oxygen atoms in total.